The van der Waals surface area contributed by atoms with Gasteiger partial charge < -0.3 is 4.98 Å². The molecule has 0 radical (unpaired) electrons. The molecular weight excluding hydrogens is 240 g/mol. The minimum absolute atomic E-state index is 0.177. The van der Waals surface area contributed by atoms with Crippen molar-refractivity contribution in [2.24, 2.45) is 0 Å². The van der Waals surface area contributed by atoms with E-state index in [9.17, 15) is 10.1 Å². The number of para-hydroxylation sites is 1. The van der Waals surface area contributed by atoms with E-state index in [0.717, 1.165) is 22.0 Å². The fourth-order valence-electron chi connectivity index (χ4n) is 2.27. The maximum Gasteiger partial charge on any atom is 0.272 e. The first kappa shape index (κ1) is 11.5. The Morgan fingerprint density at radius 1 is 1.11 bits per heavy atom. The van der Waals surface area contributed by atoms with Crippen LogP contribution >= 0.6 is 0 Å². The summed E-state index contributed by atoms with van der Waals surface area (Å²) in [6, 6.07) is 14.9. The lowest BCUT2D eigenvalue weighted by atomic mass is 10.0. The second kappa shape index (κ2) is 4.57. The Balaban J connectivity index is 1.98. The van der Waals surface area contributed by atoms with Crippen LogP contribution in [0.5, 0.6) is 0 Å². The average molecular weight is 252 g/mol. The van der Waals surface area contributed by atoms with E-state index in [-0.39, 0.29) is 10.6 Å². The van der Waals surface area contributed by atoms with Crippen molar-refractivity contribution in [1.29, 1.82) is 0 Å². The number of rotatable bonds is 3. The van der Waals surface area contributed by atoms with E-state index in [0.29, 0.717) is 6.42 Å². The first-order chi connectivity index (χ1) is 9.24. The zero-order valence-electron chi connectivity index (χ0n) is 10.2. The molecule has 19 heavy (non-hydrogen) atoms. The third-order valence-electron chi connectivity index (χ3n) is 3.20. The van der Waals surface area contributed by atoms with Crippen LogP contribution in [0.15, 0.2) is 54.7 Å². The van der Waals surface area contributed by atoms with Crippen LogP contribution in [-0.2, 0) is 6.42 Å². The molecule has 0 amide bonds. The Hall–Kier alpha value is -2.62. The van der Waals surface area contributed by atoms with Crippen LogP contribution in [0.1, 0.15) is 11.1 Å². The molecule has 0 bridgehead atoms. The summed E-state index contributed by atoms with van der Waals surface area (Å²) in [6.45, 7) is 0. The second-order valence-corrected chi connectivity index (χ2v) is 4.46. The molecular formula is C15H12N2O2. The minimum atomic E-state index is -0.329. The molecule has 0 aliphatic heterocycles. The van der Waals surface area contributed by atoms with Gasteiger partial charge in [0.25, 0.3) is 5.69 Å². The van der Waals surface area contributed by atoms with Crippen molar-refractivity contribution in [3.63, 3.8) is 0 Å². The number of nitrogens with one attached hydrogen (secondary N) is 1. The summed E-state index contributed by atoms with van der Waals surface area (Å²) >= 11 is 0. The van der Waals surface area contributed by atoms with Crippen LogP contribution in [0.3, 0.4) is 0 Å². The van der Waals surface area contributed by atoms with Crippen LogP contribution in [-0.4, -0.2) is 9.91 Å². The number of hydrogen-bond donors (Lipinski definition) is 1. The maximum absolute atomic E-state index is 11.0. The predicted molar refractivity (Wildman–Crippen MR) is 74.2 cm³/mol. The fraction of sp³-hybridized carbons (Fsp3) is 0.0667. The molecule has 0 saturated heterocycles. The van der Waals surface area contributed by atoms with E-state index in [2.05, 4.69) is 11.1 Å². The van der Waals surface area contributed by atoms with Crippen LogP contribution in [0.25, 0.3) is 10.9 Å². The Labute approximate surface area is 109 Å². The summed E-state index contributed by atoms with van der Waals surface area (Å²) in [5.41, 5.74) is 3.06. The highest BCUT2D eigenvalue weighted by Gasteiger charge is 2.12. The summed E-state index contributed by atoms with van der Waals surface area (Å²) in [6.07, 6.45) is 2.46. The zero-order chi connectivity index (χ0) is 13.2. The van der Waals surface area contributed by atoms with E-state index in [1.54, 1.807) is 18.2 Å². The number of fused-ring (bicyclic) bond motifs is 1. The predicted octanol–water partition coefficient (Wildman–Crippen LogP) is 3.67. The third kappa shape index (κ3) is 2.20. The number of aromatic nitrogens is 1. The van der Waals surface area contributed by atoms with Crippen LogP contribution in [0.4, 0.5) is 5.69 Å². The summed E-state index contributed by atoms with van der Waals surface area (Å²) in [5.74, 6) is 0. The largest absolute Gasteiger partial charge is 0.361 e. The molecule has 94 valence electrons. The molecule has 1 N–H and O–H groups in total. The topological polar surface area (TPSA) is 58.9 Å². The number of H-pyrrole nitrogens is 1. The SMILES string of the molecule is O=[N+]([O-])c1ccccc1Cc1ccc2[nH]ccc2c1. The fourth-order valence-corrected chi connectivity index (χ4v) is 2.27. The number of benzene rings is 2. The Bertz CT molecular complexity index is 746. The van der Waals surface area contributed by atoms with Gasteiger partial charge in [0.05, 0.1) is 4.92 Å². The highest BCUT2D eigenvalue weighted by atomic mass is 16.6. The molecule has 0 spiro atoms. The Morgan fingerprint density at radius 2 is 1.95 bits per heavy atom. The van der Waals surface area contributed by atoms with Gasteiger partial charge in [-0.3, -0.25) is 10.1 Å². The van der Waals surface area contributed by atoms with E-state index in [1.807, 2.05) is 30.5 Å². The molecule has 0 fully saturated rings. The van der Waals surface area contributed by atoms with Crippen molar-refractivity contribution in [1.82, 2.24) is 4.98 Å². The lowest BCUT2D eigenvalue weighted by molar-refractivity contribution is -0.385. The van der Waals surface area contributed by atoms with E-state index in [4.69, 9.17) is 0 Å². The lowest BCUT2D eigenvalue weighted by Gasteiger charge is -2.03. The van der Waals surface area contributed by atoms with Gasteiger partial charge in [-0.1, -0.05) is 24.3 Å². The van der Waals surface area contributed by atoms with Crippen LogP contribution in [0.2, 0.25) is 0 Å². The number of nitro groups is 1. The van der Waals surface area contributed by atoms with Gasteiger partial charge in [0, 0.05) is 29.8 Å². The third-order valence-corrected chi connectivity index (χ3v) is 3.20. The van der Waals surface area contributed by atoms with Gasteiger partial charge in [-0.05, 0) is 29.1 Å². The highest BCUT2D eigenvalue weighted by molar-refractivity contribution is 5.80. The molecule has 3 aromatic rings. The van der Waals surface area contributed by atoms with E-state index < -0.39 is 0 Å². The minimum Gasteiger partial charge on any atom is -0.361 e. The molecule has 3 rings (SSSR count). The number of nitrogens with zero attached hydrogens (tertiary/aromatic N) is 1. The molecule has 0 saturated carbocycles. The first-order valence-electron chi connectivity index (χ1n) is 6.02. The quantitative estimate of drug-likeness (QED) is 0.571. The molecule has 1 aromatic heterocycles. The number of nitro benzene ring substituents is 1. The molecule has 0 aliphatic carbocycles. The van der Waals surface area contributed by atoms with Crippen LogP contribution < -0.4 is 0 Å². The molecule has 0 unspecified atom stereocenters. The Morgan fingerprint density at radius 3 is 2.79 bits per heavy atom. The maximum atomic E-state index is 11.0. The molecule has 2 aromatic carbocycles. The number of hydrogen-bond acceptors (Lipinski definition) is 2. The van der Waals surface area contributed by atoms with Crippen molar-refractivity contribution < 1.29 is 4.92 Å². The van der Waals surface area contributed by atoms with Crippen molar-refractivity contribution in [2.75, 3.05) is 0 Å². The van der Waals surface area contributed by atoms with Crippen molar-refractivity contribution in [3.05, 3.63) is 76.0 Å². The second-order valence-electron chi connectivity index (χ2n) is 4.46. The summed E-state index contributed by atoms with van der Waals surface area (Å²) in [7, 11) is 0. The molecule has 4 heteroatoms. The summed E-state index contributed by atoms with van der Waals surface area (Å²) in [4.78, 5) is 13.8. The smallest absolute Gasteiger partial charge is 0.272 e. The van der Waals surface area contributed by atoms with Crippen molar-refractivity contribution >= 4 is 16.6 Å². The normalized spacial score (nSPS) is 10.7. The number of aromatic amines is 1. The van der Waals surface area contributed by atoms with Crippen LogP contribution in [0, 0.1) is 10.1 Å². The van der Waals surface area contributed by atoms with Gasteiger partial charge in [0.2, 0.25) is 0 Å². The van der Waals surface area contributed by atoms with Crippen molar-refractivity contribution in [2.45, 2.75) is 6.42 Å². The monoisotopic (exact) mass is 252 g/mol. The van der Waals surface area contributed by atoms with E-state index in [1.165, 1.54) is 0 Å². The standard InChI is InChI=1S/C15H12N2O2/c18-17(19)15-4-2-1-3-13(15)10-11-5-6-14-12(9-11)7-8-16-14/h1-9,16H,10H2. The zero-order valence-corrected chi connectivity index (χ0v) is 10.2. The van der Waals surface area contributed by atoms with Gasteiger partial charge in [0.15, 0.2) is 0 Å². The van der Waals surface area contributed by atoms with Crippen molar-refractivity contribution in [3.8, 4) is 0 Å². The first-order valence-corrected chi connectivity index (χ1v) is 6.02. The van der Waals surface area contributed by atoms with Gasteiger partial charge in [0.1, 0.15) is 0 Å². The molecule has 0 atom stereocenters. The molecule has 0 aliphatic rings. The summed E-state index contributed by atoms with van der Waals surface area (Å²) in [5, 5.41) is 12.1. The van der Waals surface area contributed by atoms with E-state index >= 15 is 0 Å². The van der Waals surface area contributed by atoms with Gasteiger partial charge in [-0.2, -0.15) is 0 Å². The van der Waals surface area contributed by atoms with Gasteiger partial charge in [-0.25, -0.2) is 0 Å². The molecule has 4 nitrogen and oxygen atoms in total. The average Bonchev–Trinajstić information content (AvgIpc) is 2.86. The lowest BCUT2D eigenvalue weighted by Crippen LogP contribution is -1.96. The van der Waals surface area contributed by atoms with Gasteiger partial charge >= 0.3 is 0 Å². The Kier molecular flexibility index (Phi) is 2.76. The highest BCUT2D eigenvalue weighted by Crippen LogP contribution is 2.23. The van der Waals surface area contributed by atoms with Gasteiger partial charge in [-0.15, -0.1) is 0 Å². The molecule has 1 heterocycles. The summed E-state index contributed by atoms with van der Waals surface area (Å²) < 4.78 is 0.